The lowest BCUT2D eigenvalue weighted by Gasteiger charge is -2.23. The molecule has 1 atom stereocenters. The van der Waals surface area contributed by atoms with E-state index in [4.69, 9.17) is 11.6 Å². The predicted octanol–water partition coefficient (Wildman–Crippen LogP) is 2.36. The number of para-hydroxylation sites is 1. The van der Waals surface area contributed by atoms with E-state index < -0.39 is 15.8 Å². The molecule has 0 saturated carbocycles. The molecule has 0 aliphatic carbocycles. The van der Waals surface area contributed by atoms with Gasteiger partial charge in [-0.05, 0) is 31.5 Å². The second kappa shape index (κ2) is 6.07. The molecule has 7 heteroatoms. The highest BCUT2D eigenvalue weighted by atomic mass is 35.5. The largest absolute Gasteiger partial charge is 0.313 e. The van der Waals surface area contributed by atoms with Gasteiger partial charge in [-0.15, -0.1) is 0 Å². The van der Waals surface area contributed by atoms with E-state index in [0.717, 1.165) is 25.8 Å². The first-order valence-electron chi connectivity index (χ1n) is 6.16. The molecule has 0 amide bonds. The van der Waals surface area contributed by atoms with Gasteiger partial charge < -0.3 is 5.32 Å². The first-order chi connectivity index (χ1) is 8.98. The minimum atomic E-state index is -3.62. The summed E-state index contributed by atoms with van der Waals surface area (Å²) in [5, 5.41) is 3.20. The Morgan fingerprint density at radius 2 is 2.21 bits per heavy atom. The molecule has 1 fully saturated rings. The number of anilines is 1. The van der Waals surface area contributed by atoms with E-state index >= 15 is 0 Å². The third-order valence-electron chi connectivity index (χ3n) is 3.05. The molecule has 1 saturated heterocycles. The number of sulfonamides is 1. The monoisotopic (exact) mass is 306 g/mol. The summed E-state index contributed by atoms with van der Waals surface area (Å²) in [4.78, 5) is 0. The van der Waals surface area contributed by atoms with Crippen molar-refractivity contribution in [2.75, 3.05) is 17.0 Å². The van der Waals surface area contributed by atoms with Gasteiger partial charge in [-0.1, -0.05) is 24.1 Å². The predicted molar refractivity (Wildman–Crippen MR) is 74.5 cm³/mol. The number of rotatable bonds is 4. The summed E-state index contributed by atoms with van der Waals surface area (Å²) in [6, 6.07) is 3.96. The SMILES string of the molecule is O=S(=O)(CC1CCCCN1)Nc1c(F)cccc1Cl. The van der Waals surface area contributed by atoms with E-state index in [9.17, 15) is 12.8 Å². The Hall–Kier alpha value is -0.850. The molecule has 1 aromatic rings. The van der Waals surface area contributed by atoms with Gasteiger partial charge >= 0.3 is 0 Å². The molecule has 0 bridgehead atoms. The first-order valence-corrected chi connectivity index (χ1v) is 8.19. The van der Waals surface area contributed by atoms with Gasteiger partial charge in [0, 0.05) is 6.04 Å². The lowest BCUT2D eigenvalue weighted by atomic mass is 10.1. The zero-order chi connectivity index (χ0) is 13.9. The normalized spacial score (nSPS) is 20.2. The maximum atomic E-state index is 13.5. The van der Waals surface area contributed by atoms with Crippen molar-refractivity contribution >= 4 is 27.3 Å². The third kappa shape index (κ3) is 4.06. The molecule has 106 valence electrons. The highest BCUT2D eigenvalue weighted by Crippen LogP contribution is 2.26. The average molecular weight is 307 g/mol. The summed E-state index contributed by atoms with van der Waals surface area (Å²) in [5.41, 5.74) is -0.181. The minimum Gasteiger partial charge on any atom is -0.313 e. The van der Waals surface area contributed by atoms with Crippen LogP contribution in [0.5, 0.6) is 0 Å². The molecule has 0 radical (unpaired) electrons. The van der Waals surface area contributed by atoms with Gasteiger partial charge in [0.2, 0.25) is 10.0 Å². The van der Waals surface area contributed by atoms with Crippen molar-refractivity contribution in [3.8, 4) is 0 Å². The summed E-state index contributed by atoms with van der Waals surface area (Å²) in [6.07, 6.45) is 2.88. The van der Waals surface area contributed by atoms with Crippen LogP contribution in [0.2, 0.25) is 5.02 Å². The van der Waals surface area contributed by atoms with Crippen molar-refractivity contribution in [3.63, 3.8) is 0 Å². The first kappa shape index (κ1) is 14.6. The van der Waals surface area contributed by atoms with Gasteiger partial charge in [0.15, 0.2) is 0 Å². The second-order valence-corrected chi connectivity index (χ2v) is 6.80. The lowest BCUT2D eigenvalue weighted by molar-refractivity contribution is 0.424. The molecule has 0 aromatic heterocycles. The Labute approximate surface area is 117 Å². The van der Waals surface area contributed by atoms with Crippen LogP contribution in [-0.4, -0.2) is 26.8 Å². The molecule has 4 nitrogen and oxygen atoms in total. The quantitative estimate of drug-likeness (QED) is 0.898. The van der Waals surface area contributed by atoms with Crippen molar-refractivity contribution in [1.82, 2.24) is 5.32 Å². The average Bonchev–Trinajstić information content (AvgIpc) is 2.35. The Bertz CT molecular complexity index is 524. The lowest BCUT2D eigenvalue weighted by Crippen LogP contribution is -2.40. The van der Waals surface area contributed by atoms with Gasteiger partial charge in [-0.25, -0.2) is 12.8 Å². The van der Waals surface area contributed by atoms with E-state index in [1.54, 1.807) is 0 Å². The van der Waals surface area contributed by atoms with Gasteiger partial charge in [0.1, 0.15) is 11.5 Å². The van der Waals surface area contributed by atoms with E-state index in [1.165, 1.54) is 18.2 Å². The van der Waals surface area contributed by atoms with Crippen LogP contribution in [-0.2, 0) is 10.0 Å². The van der Waals surface area contributed by atoms with Crippen LogP contribution in [0.4, 0.5) is 10.1 Å². The molecule has 1 unspecified atom stereocenters. The van der Waals surface area contributed by atoms with Crippen LogP contribution in [0.1, 0.15) is 19.3 Å². The van der Waals surface area contributed by atoms with Gasteiger partial charge in [0.05, 0.1) is 10.8 Å². The summed E-state index contributed by atoms with van der Waals surface area (Å²) in [5.74, 6) is -0.745. The fraction of sp³-hybridized carbons (Fsp3) is 0.500. The Morgan fingerprint density at radius 1 is 1.42 bits per heavy atom. The zero-order valence-electron chi connectivity index (χ0n) is 10.3. The van der Waals surface area contributed by atoms with Crippen LogP contribution >= 0.6 is 11.6 Å². The fourth-order valence-electron chi connectivity index (χ4n) is 2.12. The molecule has 19 heavy (non-hydrogen) atoms. The minimum absolute atomic E-state index is 0.0557. The Balaban J connectivity index is 2.08. The van der Waals surface area contributed by atoms with Gasteiger partial charge in [-0.2, -0.15) is 0 Å². The Kier molecular flexibility index (Phi) is 4.65. The van der Waals surface area contributed by atoms with Crippen LogP contribution in [0, 0.1) is 5.82 Å². The van der Waals surface area contributed by atoms with E-state index in [-0.39, 0.29) is 22.5 Å². The molecular weight excluding hydrogens is 291 g/mol. The van der Waals surface area contributed by atoms with Crippen LogP contribution in [0.25, 0.3) is 0 Å². The molecule has 1 aromatic carbocycles. The second-order valence-electron chi connectivity index (χ2n) is 4.63. The number of benzene rings is 1. The molecule has 0 spiro atoms. The van der Waals surface area contributed by atoms with E-state index in [1.807, 2.05) is 0 Å². The molecular formula is C12H16ClFN2O2S. The summed E-state index contributed by atoms with van der Waals surface area (Å²) >= 11 is 5.80. The van der Waals surface area contributed by atoms with Gasteiger partial charge in [-0.3, -0.25) is 4.72 Å². The third-order valence-corrected chi connectivity index (χ3v) is 4.72. The van der Waals surface area contributed by atoms with Crippen LogP contribution in [0.3, 0.4) is 0 Å². The Morgan fingerprint density at radius 3 is 2.84 bits per heavy atom. The summed E-state index contributed by atoms with van der Waals surface area (Å²) < 4.78 is 39.8. The molecule has 2 rings (SSSR count). The van der Waals surface area contributed by atoms with Crippen molar-refractivity contribution in [2.24, 2.45) is 0 Å². The highest BCUT2D eigenvalue weighted by Gasteiger charge is 2.22. The molecule has 2 N–H and O–H groups in total. The number of halogens is 2. The maximum Gasteiger partial charge on any atom is 0.234 e. The standard InChI is InChI=1S/C12H16ClFN2O2S/c13-10-5-3-6-11(14)12(10)16-19(17,18)8-9-4-1-2-7-15-9/h3,5-6,9,15-16H,1-2,4,7-8H2. The highest BCUT2D eigenvalue weighted by molar-refractivity contribution is 7.92. The molecule has 1 aliphatic rings. The van der Waals surface area contributed by atoms with Crippen LogP contribution < -0.4 is 10.0 Å². The smallest absolute Gasteiger partial charge is 0.234 e. The number of hydrogen-bond acceptors (Lipinski definition) is 3. The van der Waals surface area contributed by atoms with Crippen molar-refractivity contribution in [3.05, 3.63) is 29.0 Å². The fourth-order valence-corrected chi connectivity index (χ4v) is 3.81. The van der Waals surface area contributed by atoms with Crippen molar-refractivity contribution in [2.45, 2.75) is 25.3 Å². The van der Waals surface area contributed by atoms with Gasteiger partial charge in [0.25, 0.3) is 0 Å². The summed E-state index contributed by atoms with van der Waals surface area (Å²) in [7, 11) is -3.62. The van der Waals surface area contributed by atoms with Crippen molar-refractivity contribution < 1.29 is 12.8 Å². The van der Waals surface area contributed by atoms with Crippen molar-refractivity contribution in [1.29, 1.82) is 0 Å². The summed E-state index contributed by atoms with van der Waals surface area (Å²) in [6.45, 7) is 0.820. The maximum absolute atomic E-state index is 13.5. The number of nitrogens with one attached hydrogen (secondary N) is 2. The number of piperidine rings is 1. The van der Waals surface area contributed by atoms with Crippen LogP contribution in [0.15, 0.2) is 18.2 Å². The molecule has 1 aliphatic heterocycles. The zero-order valence-corrected chi connectivity index (χ0v) is 11.9. The molecule has 1 heterocycles. The topological polar surface area (TPSA) is 58.2 Å². The number of hydrogen-bond donors (Lipinski definition) is 2. The van der Waals surface area contributed by atoms with E-state index in [0.29, 0.717) is 0 Å². The van der Waals surface area contributed by atoms with E-state index in [2.05, 4.69) is 10.0 Å².